The van der Waals surface area contributed by atoms with Gasteiger partial charge in [0.25, 0.3) is 0 Å². The Morgan fingerprint density at radius 1 is 1.24 bits per heavy atom. The molecule has 2 aromatic rings. The van der Waals surface area contributed by atoms with E-state index >= 15 is 0 Å². The van der Waals surface area contributed by atoms with Crippen molar-refractivity contribution < 1.29 is 4.79 Å². The van der Waals surface area contributed by atoms with Gasteiger partial charge in [-0.1, -0.05) is 56.6 Å². The lowest BCUT2D eigenvalue weighted by Gasteiger charge is -2.17. The van der Waals surface area contributed by atoms with Crippen LogP contribution in [0.4, 0.5) is 0 Å². The normalized spacial score (nSPS) is 11.8. The number of Topliss-reactive ketones (excluding diaryl/α,β-unsaturated/α-hetero) is 1. The number of carbonyl (C=O) groups is 1. The third kappa shape index (κ3) is 2.32. The van der Waals surface area contributed by atoms with Crippen LogP contribution in [0, 0.1) is 5.41 Å². The Kier molecular flexibility index (Phi) is 2.92. The van der Waals surface area contributed by atoms with Gasteiger partial charge in [0.15, 0.2) is 5.78 Å². The van der Waals surface area contributed by atoms with Crippen molar-refractivity contribution in [2.45, 2.75) is 20.8 Å². The first-order valence-electron chi connectivity index (χ1n) is 5.50. The van der Waals surface area contributed by atoms with Gasteiger partial charge in [-0.15, -0.1) is 0 Å². The fraction of sp³-hybridized carbons (Fsp3) is 0.286. The van der Waals surface area contributed by atoms with Crippen LogP contribution in [0.15, 0.2) is 30.3 Å². The highest BCUT2D eigenvalue weighted by atomic mass is 35.5. The summed E-state index contributed by atoms with van der Waals surface area (Å²) in [5.74, 6) is 0.0104. The number of halogens is 1. The molecule has 88 valence electrons. The molecule has 0 saturated carbocycles. The van der Waals surface area contributed by atoms with Crippen molar-refractivity contribution >= 4 is 28.2 Å². The van der Waals surface area contributed by atoms with Gasteiger partial charge in [-0.3, -0.25) is 4.79 Å². The van der Waals surface area contributed by atoms with E-state index in [2.05, 4.69) is 4.98 Å². The van der Waals surface area contributed by atoms with Gasteiger partial charge in [0, 0.05) is 10.8 Å². The highest BCUT2D eigenvalue weighted by Gasteiger charge is 2.26. The molecule has 3 heteroatoms. The summed E-state index contributed by atoms with van der Waals surface area (Å²) in [5.41, 5.74) is 0.00101. The monoisotopic (exact) mass is 247 g/mol. The average Bonchev–Trinajstić information content (AvgIpc) is 2.25. The van der Waals surface area contributed by atoms with Gasteiger partial charge in [-0.2, -0.15) is 0 Å². The minimum atomic E-state index is -0.458. The van der Waals surface area contributed by atoms with Gasteiger partial charge in [0.1, 0.15) is 10.8 Å². The molecule has 0 N–H and O–H groups in total. The van der Waals surface area contributed by atoms with E-state index in [0.717, 1.165) is 10.8 Å². The highest BCUT2D eigenvalue weighted by molar-refractivity contribution is 6.30. The fourth-order valence-electron chi connectivity index (χ4n) is 1.69. The van der Waals surface area contributed by atoms with Gasteiger partial charge >= 0.3 is 0 Å². The van der Waals surface area contributed by atoms with Crippen molar-refractivity contribution in [2.75, 3.05) is 0 Å². The predicted molar refractivity (Wildman–Crippen MR) is 70.5 cm³/mol. The Hall–Kier alpha value is -1.41. The van der Waals surface area contributed by atoms with Gasteiger partial charge in [0.05, 0.1) is 0 Å². The fourth-order valence-corrected chi connectivity index (χ4v) is 1.90. The van der Waals surface area contributed by atoms with Crippen LogP contribution < -0.4 is 0 Å². The topological polar surface area (TPSA) is 30.0 Å². The van der Waals surface area contributed by atoms with Gasteiger partial charge in [-0.25, -0.2) is 4.98 Å². The summed E-state index contributed by atoms with van der Waals surface area (Å²) < 4.78 is 0. The zero-order chi connectivity index (χ0) is 12.6. The van der Waals surface area contributed by atoms with Crippen LogP contribution in [0.2, 0.25) is 5.15 Å². The van der Waals surface area contributed by atoms with Crippen LogP contribution >= 0.6 is 11.6 Å². The molecule has 2 nitrogen and oxygen atoms in total. The maximum atomic E-state index is 12.3. The Morgan fingerprint density at radius 2 is 1.88 bits per heavy atom. The Bertz CT molecular complexity index is 584. The number of rotatable bonds is 1. The van der Waals surface area contributed by atoms with Gasteiger partial charge < -0.3 is 0 Å². The maximum Gasteiger partial charge on any atom is 0.187 e. The number of ketones is 1. The van der Waals surface area contributed by atoms with E-state index in [1.807, 2.05) is 45.0 Å². The molecule has 1 aromatic heterocycles. The summed E-state index contributed by atoms with van der Waals surface area (Å²) in [4.78, 5) is 16.5. The number of fused-ring (bicyclic) bond motifs is 1. The largest absolute Gasteiger partial charge is 0.292 e. The Balaban J connectivity index is 2.73. The van der Waals surface area contributed by atoms with Crippen LogP contribution in [0.5, 0.6) is 0 Å². The summed E-state index contributed by atoms with van der Waals surface area (Å²) >= 11 is 5.95. The number of hydrogen-bond acceptors (Lipinski definition) is 2. The van der Waals surface area contributed by atoms with E-state index in [-0.39, 0.29) is 5.78 Å². The number of aromatic nitrogens is 1. The van der Waals surface area contributed by atoms with Crippen molar-refractivity contribution in [3.8, 4) is 0 Å². The number of pyridine rings is 1. The van der Waals surface area contributed by atoms with Crippen molar-refractivity contribution in [1.82, 2.24) is 4.98 Å². The molecule has 0 aliphatic heterocycles. The third-order valence-corrected chi connectivity index (χ3v) is 2.80. The summed E-state index contributed by atoms with van der Waals surface area (Å²) in [7, 11) is 0. The molecule has 0 saturated heterocycles. The molecule has 0 atom stereocenters. The highest BCUT2D eigenvalue weighted by Crippen LogP contribution is 2.27. The summed E-state index contributed by atoms with van der Waals surface area (Å²) in [5, 5.41) is 2.16. The molecule has 0 unspecified atom stereocenters. The Morgan fingerprint density at radius 3 is 2.53 bits per heavy atom. The van der Waals surface area contributed by atoms with Crippen LogP contribution in [0.3, 0.4) is 0 Å². The van der Waals surface area contributed by atoms with Gasteiger partial charge in [-0.05, 0) is 11.5 Å². The van der Waals surface area contributed by atoms with Crippen molar-refractivity contribution in [3.05, 3.63) is 41.2 Å². The first-order chi connectivity index (χ1) is 7.89. The predicted octanol–water partition coefficient (Wildman–Crippen LogP) is 4.12. The smallest absolute Gasteiger partial charge is 0.187 e. The van der Waals surface area contributed by atoms with Crippen LogP contribution in [-0.2, 0) is 0 Å². The van der Waals surface area contributed by atoms with Crippen molar-refractivity contribution in [1.29, 1.82) is 0 Å². The van der Waals surface area contributed by atoms with Crippen molar-refractivity contribution in [2.24, 2.45) is 5.41 Å². The van der Waals surface area contributed by atoms with Gasteiger partial charge in [0.2, 0.25) is 0 Å². The molecule has 0 spiro atoms. The van der Waals surface area contributed by atoms with Crippen LogP contribution in [0.1, 0.15) is 31.3 Å². The molecule has 1 aromatic carbocycles. The summed E-state index contributed by atoms with van der Waals surface area (Å²) in [6.07, 6.45) is 0. The molecule has 0 aliphatic carbocycles. The molecule has 0 bridgehead atoms. The average molecular weight is 248 g/mol. The molecule has 0 aliphatic rings. The van der Waals surface area contributed by atoms with E-state index in [1.54, 1.807) is 6.07 Å². The van der Waals surface area contributed by atoms with Crippen LogP contribution in [0.25, 0.3) is 10.8 Å². The molecule has 17 heavy (non-hydrogen) atoms. The molecule has 0 fully saturated rings. The van der Waals surface area contributed by atoms with E-state index in [1.165, 1.54) is 0 Å². The maximum absolute atomic E-state index is 12.3. The van der Waals surface area contributed by atoms with E-state index < -0.39 is 5.41 Å². The Labute approximate surface area is 106 Å². The third-order valence-electron chi connectivity index (χ3n) is 2.61. The number of nitrogens with zero attached hydrogens (tertiary/aromatic N) is 1. The molecular formula is C14H14ClNO. The molecule has 0 radical (unpaired) electrons. The second kappa shape index (κ2) is 4.11. The zero-order valence-electron chi connectivity index (χ0n) is 10.1. The molecule has 2 rings (SSSR count). The lowest BCUT2D eigenvalue weighted by atomic mass is 9.87. The van der Waals surface area contributed by atoms with Crippen molar-refractivity contribution in [3.63, 3.8) is 0 Å². The van der Waals surface area contributed by atoms with E-state index in [9.17, 15) is 4.79 Å². The number of carbonyl (C=O) groups excluding carboxylic acids is 1. The zero-order valence-corrected chi connectivity index (χ0v) is 10.9. The quantitative estimate of drug-likeness (QED) is 0.561. The van der Waals surface area contributed by atoms with E-state index in [0.29, 0.717) is 10.8 Å². The lowest BCUT2D eigenvalue weighted by Crippen LogP contribution is -2.21. The standard InChI is InChI=1S/C14H14ClNO/c1-14(2,3)13(17)12-10-7-5-4-6-9(10)8-11(15)16-12/h4-8H,1-3H3. The molecule has 1 heterocycles. The molecule has 0 amide bonds. The first kappa shape index (κ1) is 12.1. The number of hydrogen-bond donors (Lipinski definition) is 0. The second-order valence-corrected chi connectivity index (χ2v) is 5.48. The summed E-state index contributed by atoms with van der Waals surface area (Å²) in [6, 6.07) is 9.43. The minimum absolute atomic E-state index is 0.0104. The second-order valence-electron chi connectivity index (χ2n) is 5.09. The number of benzene rings is 1. The first-order valence-corrected chi connectivity index (χ1v) is 5.87. The van der Waals surface area contributed by atoms with Crippen LogP contribution in [-0.4, -0.2) is 10.8 Å². The molecular weight excluding hydrogens is 234 g/mol. The minimum Gasteiger partial charge on any atom is -0.292 e. The summed E-state index contributed by atoms with van der Waals surface area (Å²) in [6.45, 7) is 5.64. The lowest BCUT2D eigenvalue weighted by molar-refractivity contribution is 0.0855. The van der Waals surface area contributed by atoms with E-state index in [4.69, 9.17) is 11.6 Å². The SMILES string of the molecule is CC(C)(C)C(=O)c1nc(Cl)cc2ccccc12.